The van der Waals surface area contributed by atoms with E-state index in [1.165, 1.54) is 23.5 Å². The van der Waals surface area contributed by atoms with Crippen LogP contribution in [0.25, 0.3) is 15.9 Å². The number of aromatic nitrogens is 2. The maximum Gasteiger partial charge on any atom is 0.338 e. The molecule has 1 N–H and O–H groups in total. The lowest BCUT2D eigenvalue weighted by molar-refractivity contribution is 0.0526. The fourth-order valence-corrected chi connectivity index (χ4v) is 4.09. The minimum absolute atomic E-state index is 0.259. The Morgan fingerprint density at radius 3 is 2.50 bits per heavy atom. The van der Waals surface area contributed by atoms with Gasteiger partial charge in [0.2, 0.25) is 0 Å². The average Bonchev–Trinajstić information content (AvgIpc) is 3.30. The van der Waals surface area contributed by atoms with Crippen LogP contribution in [0.5, 0.6) is 0 Å². The van der Waals surface area contributed by atoms with Crippen molar-refractivity contribution in [3.8, 4) is 5.69 Å². The summed E-state index contributed by atoms with van der Waals surface area (Å²) in [4.78, 5) is 25.8. The molecule has 0 unspecified atom stereocenters. The van der Waals surface area contributed by atoms with E-state index >= 15 is 0 Å². The Labute approximate surface area is 175 Å². The van der Waals surface area contributed by atoms with Crippen LogP contribution >= 0.6 is 11.3 Å². The lowest BCUT2D eigenvalue weighted by Crippen LogP contribution is -2.10. The zero-order valence-electron chi connectivity index (χ0n) is 16.3. The van der Waals surface area contributed by atoms with E-state index in [9.17, 15) is 14.0 Å². The number of benzene rings is 2. The van der Waals surface area contributed by atoms with Crippen molar-refractivity contribution in [1.82, 2.24) is 9.78 Å². The van der Waals surface area contributed by atoms with E-state index < -0.39 is 5.97 Å². The van der Waals surface area contributed by atoms with E-state index in [4.69, 9.17) is 4.74 Å². The molecule has 8 heteroatoms. The molecule has 0 aliphatic carbocycles. The number of esters is 1. The van der Waals surface area contributed by atoms with Gasteiger partial charge in [0.25, 0.3) is 5.91 Å². The van der Waals surface area contributed by atoms with Crippen LogP contribution in [-0.2, 0) is 4.74 Å². The topological polar surface area (TPSA) is 73.2 Å². The number of amides is 1. The molecule has 4 aromatic rings. The van der Waals surface area contributed by atoms with Crippen LogP contribution < -0.4 is 5.32 Å². The molecule has 0 spiro atoms. The lowest BCUT2D eigenvalue weighted by Gasteiger charge is -2.05. The van der Waals surface area contributed by atoms with Gasteiger partial charge in [0.05, 0.1) is 28.4 Å². The predicted octanol–water partition coefficient (Wildman–Crippen LogP) is 4.96. The molecule has 0 fully saturated rings. The molecule has 0 aliphatic rings. The third-order valence-electron chi connectivity index (χ3n) is 4.49. The quantitative estimate of drug-likeness (QED) is 0.460. The highest BCUT2D eigenvalue weighted by Crippen LogP contribution is 2.31. The zero-order valence-corrected chi connectivity index (χ0v) is 17.1. The summed E-state index contributed by atoms with van der Waals surface area (Å²) in [6.45, 7) is 3.91. The van der Waals surface area contributed by atoms with Crippen molar-refractivity contribution in [3.63, 3.8) is 0 Å². The number of rotatable bonds is 5. The normalized spacial score (nSPS) is 10.9. The van der Waals surface area contributed by atoms with Gasteiger partial charge in [-0.2, -0.15) is 5.10 Å². The van der Waals surface area contributed by atoms with Crippen molar-refractivity contribution < 1.29 is 18.7 Å². The van der Waals surface area contributed by atoms with Crippen LogP contribution in [0.15, 0.2) is 54.6 Å². The van der Waals surface area contributed by atoms with Crippen molar-refractivity contribution in [3.05, 3.63) is 76.5 Å². The van der Waals surface area contributed by atoms with Crippen LogP contribution in [0.4, 0.5) is 10.1 Å². The summed E-state index contributed by atoms with van der Waals surface area (Å²) < 4.78 is 19.9. The molecule has 30 heavy (non-hydrogen) atoms. The van der Waals surface area contributed by atoms with Gasteiger partial charge in [-0.3, -0.25) is 4.79 Å². The van der Waals surface area contributed by atoms with Crippen LogP contribution in [0.2, 0.25) is 0 Å². The summed E-state index contributed by atoms with van der Waals surface area (Å²) in [5.74, 6) is -0.982. The van der Waals surface area contributed by atoms with E-state index in [2.05, 4.69) is 10.4 Å². The van der Waals surface area contributed by atoms with Gasteiger partial charge in [0.15, 0.2) is 0 Å². The molecule has 4 rings (SSSR count). The van der Waals surface area contributed by atoms with Crippen molar-refractivity contribution in [1.29, 1.82) is 0 Å². The van der Waals surface area contributed by atoms with Gasteiger partial charge in [-0.05, 0) is 68.4 Å². The molecule has 2 aromatic heterocycles. The average molecular weight is 423 g/mol. The molecule has 0 aliphatic heterocycles. The Bertz CT molecular complexity index is 1230. The van der Waals surface area contributed by atoms with E-state index in [1.54, 1.807) is 54.1 Å². The summed E-state index contributed by atoms with van der Waals surface area (Å²) >= 11 is 1.31. The van der Waals surface area contributed by atoms with Gasteiger partial charge >= 0.3 is 5.97 Å². The van der Waals surface area contributed by atoms with Gasteiger partial charge in [0, 0.05) is 11.1 Å². The number of carbonyl (C=O) groups excluding carboxylic acids is 2. The SMILES string of the molecule is CCOC(=O)c1ccc(NC(=O)c2cc3c(C)nn(-c4ccc(F)cc4)c3s2)cc1. The Hall–Kier alpha value is -3.52. The number of nitrogens with zero attached hydrogens (tertiary/aromatic N) is 2. The first-order valence-electron chi connectivity index (χ1n) is 9.30. The highest BCUT2D eigenvalue weighted by Gasteiger charge is 2.17. The number of hydrogen-bond donors (Lipinski definition) is 1. The van der Waals surface area contributed by atoms with Gasteiger partial charge in [0.1, 0.15) is 10.6 Å². The fraction of sp³-hybridized carbons (Fsp3) is 0.136. The van der Waals surface area contributed by atoms with Crippen molar-refractivity contribution >= 4 is 39.1 Å². The number of fused-ring (bicyclic) bond motifs is 1. The fourth-order valence-electron chi connectivity index (χ4n) is 3.01. The van der Waals surface area contributed by atoms with Crippen molar-refractivity contribution in [2.45, 2.75) is 13.8 Å². The Morgan fingerprint density at radius 2 is 1.83 bits per heavy atom. The standard InChI is InChI=1S/C22H18FN3O3S/c1-3-29-22(28)14-4-8-16(9-5-14)24-20(27)19-12-18-13(2)25-26(21(18)30-19)17-10-6-15(23)7-11-17/h4-12H,3H2,1-2H3,(H,24,27). The Balaban J connectivity index is 1.57. The number of carbonyl (C=O) groups is 2. The molecule has 2 aromatic carbocycles. The number of thiophene rings is 1. The van der Waals surface area contributed by atoms with E-state index in [1.807, 2.05) is 6.92 Å². The zero-order chi connectivity index (χ0) is 21.3. The Kier molecular flexibility index (Phi) is 5.33. The predicted molar refractivity (Wildman–Crippen MR) is 114 cm³/mol. The van der Waals surface area contributed by atoms with Crippen LogP contribution in [0.3, 0.4) is 0 Å². The first kappa shape index (κ1) is 19.8. The largest absolute Gasteiger partial charge is 0.462 e. The second-order valence-electron chi connectivity index (χ2n) is 6.56. The highest BCUT2D eigenvalue weighted by molar-refractivity contribution is 7.20. The highest BCUT2D eigenvalue weighted by atomic mass is 32.1. The maximum absolute atomic E-state index is 13.2. The molecular weight excluding hydrogens is 405 g/mol. The smallest absolute Gasteiger partial charge is 0.338 e. The van der Waals surface area contributed by atoms with Crippen LogP contribution in [-0.4, -0.2) is 28.3 Å². The third kappa shape index (κ3) is 3.81. The molecule has 1 amide bonds. The van der Waals surface area contributed by atoms with Crippen LogP contribution in [0, 0.1) is 12.7 Å². The van der Waals surface area contributed by atoms with Gasteiger partial charge in [-0.25, -0.2) is 13.9 Å². The summed E-state index contributed by atoms with van der Waals surface area (Å²) in [6, 6.07) is 14.4. The maximum atomic E-state index is 13.2. The number of ether oxygens (including phenoxy) is 1. The minimum atomic E-state index is -0.402. The van der Waals surface area contributed by atoms with Gasteiger partial charge in [-0.1, -0.05) is 0 Å². The molecule has 0 saturated carbocycles. The summed E-state index contributed by atoms with van der Waals surface area (Å²) in [7, 11) is 0. The molecule has 152 valence electrons. The first-order valence-corrected chi connectivity index (χ1v) is 10.1. The number of aryl methyl sites for hydroxylation is 1. The van der Waals surface area contributed by atoms with Gasteiger partial charge in [-0.15, -0.1) is 11.3 Å². The second-order valence-corrected chi connectivity index (χ2v) is 7.59. The molecule has 0 atom stereocenters. The second kappa shape index (κ2) is 8.08. The molecule has 0 radical (unpaired) electrons. The third-order valence-corrected chi connectivity index (χ3v) is 5.60. The molecule has 2 heterocycles. The summed E-state index contributed by atoms with van der Waals surface area (Å²) in [5.41, 5.74) is 2.50. The van der Waals surface area contributed by atoms with Crippen molar-refractivity contribution in [2.75, 3.05) is 11.9 Å². The molecule has 0 bridgehead atoms. The van der Waals surface area contributed by atoms with Gasteiger partial charge < -0.3 is 10.1 Å². The number of hydrogen-bond acceptors (Lipinski definition) is 5. The number of nitrogens with one attached hydrogen (secondary N) is 1. The molecular formula is C22H18FN3O3S. The number of anilines is 1. The minimum Gasteiger partial charge on any atom is -0.462 e. The lowest BCUT2D eigenvalue weighted by atomic mass is 10.2. The molecule has 6 nitrogen and oxygen atoms in total. The summed E-state index contributed by atoms with van der Waals surface area (Å²) in [5, 5.41) is 8.21. The Morgan fingerprint density at radius 1 is 1.13 bits per heavy atom. The van der Waals surface area contributed by atoms with E-state index in [0.29, 0.717) is 22.7 Å². The monoisotopic (exact) mass is 423 g/mol. The van der Waals surface area contributed by atoms with Crippen molar-refractivity contribution in [2.24, 2.45) is 0 Å². The van der Waals surface area contributed by atoms with Crippen LogP contribution in [0.1, 0.15) is 32.6 Å². The number of halogens is 1. The van der Waals surface area contributed by atoms with E-state index in [0.717, 1.165) is 21.6 Å². The molecule has 0 saturated heterocycles. The van der Waals surface area contributed by atoms with E-state index in [-0.39, 0.29) is 11.7 Å². The summed E-state index contributed by atoms with van der Waals surface area (Å²) in [6.07, 6.45) is 0. The first-order chi connectivity index (χ1) is 14.5.